The third-order valence-corrected chi connectivity index (χ3v) is 2.88. The van der Waals surface area contributed by atoms with Crippen LogP contribution in [0.25, 0.3) is 0 Å². The summed E-state index contributed by atoms with van der Waals surface area (Å²) in [5.74, 6) is -1.07. The predicted octanol–water partition coefficient (Wildman–Crippen LogP) is 2.95. The first kappa shape index (κ1) is 15.8. The molecule has 9 heteroatoms. The molecule has 2 rings (SSSR count). The Morgan fingerprint density at radius 1 is 1.04 bits per heavy atom. The Bertz CT molecular complexity index is 814. The normalized spacial score (nSPS) is 10.6. The van der Waals surface area contributed by atoms with Crippen LogP contribution in [-0.2, 0) is 0 Å². The minimum atomic E-state index is -1.07. The molecule has 0 spiro atoms. The summed E-state index contributed by atoms with van der Waals surface area (Å²) in [6, 6.07) is 8.85. The zero-order valence-electron chi connectivity index (χ0n) is 11.4. The molecule has 2 aromatic carbocycles. The van der Waals surface area contributed by atoms with Crippen molar-refractivity contribution < 1.29 is 19.7 Å². The summed E-state index contributed by atoms with van der Waals surface area (Å²) in [6.07, 6.45) is 1.31. The molecule has 0 heterocycles. The van der Waals surface area contributed by atoms with Crippen LogP contribution in [0.15, 0.2) is 47.5 Å². The van der Waals surface area contributed by atoms with Crippen LogP contribution in [0.4, 0.5) is 17.1 Å². The number of benzene rings is 2. The molecule has 0 bridgehead atoms. The number of non-ortho nitro benzene ring substituents is 1. The van der Waals surface area contributed by atoms with Gasteiger partial charge in [-0.2, -0.15) is 0 Å². The highest BCUT2D eigenvalue weighted by molar-refractivity contribution is 5.89. The van der Waals surface area contributed by atoms with E-state index in [1.807, 2.05) is 0 Å². The summed E-state index contributed by atoms with van der Waals surface area (Å²) >= 11 is 0. The van der Waals surface area contributed by atoms with E-state index in [4.69, 9.17) is 5.11 Å². The summed E-state index contributed by atoms with van der Waals surface area (Å²) in [5.41, 5.74) is -0.298. The highest BCUT2D eigenvalue weighted by Crippen LogP contribution is 2.31. The van der Waals surface area contributed by atoms with Gasteiger partial charge in [-0.1, -0.05) is 12.1 Å². The molecule has 1 N–H and O–H groups in total. The van der Waals surface area contributed by atoms with Crippen LogP contribution in [0.3, 0.4) is 0 Å². The highest BCUT2D eigenvalue weighted by atomic mass is 16.6. The van der Waals surface area contributed by atoms with Gasteiger partial charge in [0.15, 0.2) is 0 Å². The lowest BCUT2D eigenvalue weighted by molar-refractivity contribution is -0.393. The van der Waals surface area contributed by atoms with E-state index >= 15 is 0 Å². The first-order chi connectivity index (χ1) is 10.9. The van der Waals surface area contributed by atoms with Crippen molar-refractivity contribution in [3.63, 3.8) is 0 Å². The van der Waals surface area contributed by atoms with Crippen molar-refractivity contribution in [2.45, 2.75) is 0 Å². The van der Waals surface area contributed by atoms with Gasteiger partial charge in [-0.15, -0.1) is 0 Å². The number of rotatable bonds is 5. The quantitative estimate of drug-likeness (QED) is 0.511. The number of nitrogens with zero attached hydrogens (tertiary/aromatic N) is 3. The van der Waals surface area contributed by atoms with E-state index in [0.717, 1.165) is 12.1 Å². The van der Waals surface area contributed by atoms with Crippen molar-refractivity contribution in [2.24, 2.45) is 4.99 Å². The number of nitro benzene ring substituents is 2. The van der Waals surface area contributed by atoms with Crippen molar-refractivity contribution in [1.29, 1.82) is 0 Å². The second-order valence-electron chi connectivity index (χ2n) is 4.37. The lowest BCUT2D eigenvalue weighted by atomic mass is 10.1. The lowest BCUT2D eigenvalue weighted by Crippen LogP contribution is -1.95. The molecule has 0 saturated heterocycles. The van der Waals surface area contributed by atoms with Crippen molar-refractivity contribution in [3.05, 3.63) is 73.8 Å². The van der Waals surface area contributed by atoms with Gasteiger partial charge in [-0.3, -0.25) is 20.2 Å². The molecule has 0 aliphatic heterocycles. The smallest absolute Gasteiger partial charge is 0.335 e. The van der Waals surface area contributed by atoms with E-state index in [9.17, 15) is 25.0 Å². The maximum atomic E-state index is 11.0. The molecule has 0 amide bonds. The summed E-state index contributed by atoms with van der Waals surface area (Å²) < 4.78 is 0. The first-order valence-electron chi connectivity index (χ1n) is 6.19. The molecule has 0 radical (unpaired) electrons. The van der Waals surface area contributed by atoms with Crippen LogP contribution in [0.1, 0.15) is 15.9 Å². The van der Waals surface area contributed by atoms with E-state index in [2.05, 4.69) is 4.99 Å². The fraction of sp³-hybridized carbons (Fsp3) is 0. The maximum Gasteiger partial charge on any atom is 0.335 e. The second kappa shape index (κ2) is 6.43. The lowest BCUT2D eigenvalue weighted by Gasteiger charge is -1.98. The van der Waals surface area contributed by atoms with Gasteiger partial charge in [0, 0.05) is 12.3 Å². The number of carboxylic acid groups (broad SMARTS) is 1. The van der Waals surface area contributed by atoms with Crippen molar-refractivity contribution >= 4 is 29.2 Å². The van der Waals surface area contributed by atoms with Crippen molar-refractivity contribution in [3.8, 4) is 0 Å². The van der Waals surface area contributed by atoms with E-state index in [0.29, 0.717) is 5.56 Å². The summed E-state index contributed by atoms with van der Waals surface area (Å²) in [7, 11) is 0. The Hall–Kier alpha value is -3.62. The number of aromatic carboxylic acids is 1. The number of carboxylic acids is 1. The van der Waals surface area contributed by atoms with Crippen LogP contribution in [0.5, 0.6) is 0 Å². The average molecular weight is 315 g/mol. The Morgan fingerprint density at radius 2 is 1.70 bits per heavy atom. The monoisotopic (exact) mass is 315 g/mol. The standard InChI is InChI=1S/C14H9N3O6/c18-14(19)10-3-1-9(2-4-10)8-15-12-6-5-11(16(20)21)7-13(12)17(22)23/h1-8H,(H,18,19). The van der Waals surface area contributed by atoms with Crippen LogP contribution >= 0.6 is 0 Å². The zero-order chi connectivity index (χ0) is 17.0. The predicted molar refractivity (Wildman–Crippen MR) is 80.4 cm³/mol. The van der Waals surface area contributed by atoms with E-state index < -0.39 is 27.2 Å². The van der Waals surface area contributed by atoms with Crippen LogP contribution in [-0.4, -0.2) is 27.1 Å². The fourth-order valence-electron chi connectivity index (χ4n) is 1.74. The summed E-state index contributed by atoms with van der Waals surface area (Å²) in [4.78, 5) is 34.8. The Labute approximate surface area is 128 Å². The molecular formula is C14H9N3O6. The molecule has 23 heavy (non-hydrogen) atoms. The molecule has 0 aliphatic rings. The van der Waals surface area contributed by atoms with Gasteiger partial charge in [-0.05, 0) is 23.8 Å². The van der Waals surface area contributed by atoms with E-state index in [1.54, 1.807) is 0 Å². The maximum absolute atomic E-state index is 11.0. The Kier molecular flexibility index (Phi) is 4.41. The third kappa shape index (κ3) is 3.73. The topological polar surface area (TPSA) is 136 Å². The zero-order valence-corrected chi connectivity index (χ0v) is 11.4. The van der Waals surface area contributed by atoms with Gasteiger partial charge in [-0.25, -0.2) is 9.79 Å². The molecule has 0 aromatic heterocycles. The Morgan fingerprint density at radius 3 is 2.22 bits per heavy atom. The van der Waals surface area contributed by atoms with Crippen molar-refractivity contribution in [1.82, 2.24) is 0 Å². The molecule has 0 atom stereocenters. The molecule has 0 saturated carbocycles. The van der Waals surface area contributed by atoms with Gasteiger partial charge in [0.2, 0.25) is 0 Å². The fourth-order valence-corrected chi connectivity index (χ4v) is 1.74. The summed E-state index contributed by atoms with van der Waals surface area (Å²) in [5, 5.41) is 30.4. The summed E-state index contributed by atoms with van der Waals surface area (Å²) in [6.45, 7) is 0. The Balaban J connectivity index is 2.33. The van der Waals surface area contributed by atoms with E-state index in [-0.39, 0.29) is 11.3 Å². The molecular weight excluding hydrogens is 306 g/mol. The largest absolute Gasteiger partial charge is 0.478 e. The van der Waals surface area contributed by atoms with Crippen LogP contribution in [0.2, 0.25) is 0 Å². The molecule has 0 aliphatic carbocycles. The van der Waals surface area contributed by atoms with Gasteiger partial charge < -0.3 is 5.11 Å². The first-order valence-corrected chi connectivity index (χ1v) is 6.19. The highest BCUT2D eigenvalue weighted by Gasteiger charge is 2.18. The average Bonchev–Trinajstić information content (AvgIpc) is 2.52. The molecule has 0 unspecified atom stereocenters. The van der Waals surface area contributed by atoms with Gasteiger partial charge >= 0.3 is 11.7 Å². The minimum Gasteiger partial charge on any atom is -0.478 e. The number of aliphatic imine (C=N–C) groups is 1. The van der Waals surface area contributed by atoms with Crippen LogP contribution in [0, 0.1) is 20.2 Å². The van der Waals surface area contributed by atoms with Gasteiger partial charge in [0.05, 0.1) is 21.5 Å². The third-order valence-electron chi connectivity index (χ3n) is 2.88. The number of hydrogen-bond donors (Lipinski definition) is 1. The van der Waals surface area contributed by atoms with Crippen LogP contribution < -0.4 is 0 Å². The SMILES string of the molecule is O=C(O)c1ccc(C=Nc2ccc([N+](=O)[O-])cc2[N+](=O)[O-])cc1. The number of nitro groups is 2. The van der Waals surface area contributed by atoms with Gasteiger partial charge in [0.25, 0.3) is 5.69 Å². The minimum absolute atomic E-state index is 0.0390. The number of carbonyl (C=O) groups is 1. The number of hydrogen-bond acceptors (Lipinski definition) is 6. The van der Waals surface area contributed by atoms with Gasteiger partial charge in [0.1, 0.15) is 5.69 Å². The molecule has 116 valence electrons. The van der Waals surface area contributed by atoms with Crippen molar-refractivity contribution in [2.75, 3.05) is 0 Å². The molecule has 2 aromatic rings. The molecule has 9 nitrogen and oxygen atoms in total. The molecule has 0 fully saturated rings. The second-order valence-corrected chi connectivity index (χ2v) is 4.37. The van der Waals surface area contributed by atoms with E-state index in [1.165, 1.54) is 36.5 Å².